The Morgan fingerprint density at radius 3 is 2.25 bits per heavy atom. The van der Waals surface area contributed by atoms with Gasteiger partial charge in [-0.05, 0) is 62.7 Å². The van der Waals surface area contributed by atoms with Gasteiger partial charge < -0.3 is 0 Å². The van der Waals surface area contributed by atoms with Crippen LogP contribution in [0.2, 0.25) is 0 Å². The van der Waals surface area contributed by atoms with Crippen molar-refractivity contribution in [1.82, 2.24) is 0 Å². The van der Waals surface area contributed by atoms with Crippen molar-refractivity contribution >= 4 is 0 Å². The molecular weight excluding hydrogens is 242 g/mol. The monoisotopic (exact) mass is 274 g/mol. The predicted octanol–water partition coefficient (Wildman–Crippen LogP) is 5.91. The number of nitrogens with zero attached hydrogens (tertiary/aromatic N) is 1. The maximum Gasteiger partial charge on any atom is 0.0658 e. The highest BCUT2D eigenvalue weighted by atomic mass is 14.4. The van der Waals surface area contributed by atoms with E-state index in [1.807, 2.05) is 0 Å². The quantitative estimate of drug-likeness (QED) is 0.591. The summed E-state index contributed by atoms with van der Waals surface area (Å²) in [4.78, 5) is 0. The number of rotatable bonds is 6. The molecule has 0 aromatic rings. The van der Waals surface area contributed by atoms with E-state index in [-0.39, 0.29) is 0 Å². The van der Waals surface area contributed by atoms with Gasteiger partial charge in [-0.15, -0.1) is 0 Å². The van der Waals surface area contributed by atoms with Crippen LogP contribution >= 0.6 is 0 Å². The van der Waals surface area contributed by atoms with E-state index in [0.717, 1.165) is 11.8 Å². The molecular formula is C19H32N. The van der Waals surface area contributed by atoms with Crippen molar-refractivity contribution in [2.45, 2.75) is 84.0 Å². The molecule has 2 rings (SSSR count). The van der Waals surface area contributed by atoms with Gasteiger partial charge in [-0.1, -0.05) is 45.4 Å². The Balaban J connectivity index is 1.70. The second-order valence-electron chi connectivity index (χ2n) is 7.19. The smallest absolute Gasteiger partial charge is 0.0658 e. The van der Waals surface area contributed by atoms with Crippen molar-refractivity contribution in [3.8, 4) is 6.07 Å². The molecule has 0 spiro atoms. The normalized spacial score (nSPS) is 29.8. The highest BCUT2D eigenvalue weighted by Gasteiger charge is 2.27. The first-order valence-electron chi connectivity index (χ1n) is 9.04. The lowest BCUT2D eigenvalue weighted by atomic mass is 9.73. The molecule has 1 unspecified atom stereocenters. The molecule has 0 heterocycles. The van der Waals surface area contributed by atoms with Crippen molar-refractivity contribution in [3.63, 3.8) is 0 Å². The van der Waals surface area contributed by atoms with Crippen LogP contribution in [0.15, 0.2) is 0 Å². The summed E-state index contributed by atoms with van der Waals surface area (Å²) in [6.45, 7) is 2.30. The van der Waals surface area contributed by atoms with Crippen LogP contribution in [-0.2, 0) is 0 Å². The van der Waals surface area contributed by atoms with E-state index >= 15 is 0 Å². The van der Waals surface area contributed by atoms with Crippen molar-refractivity contribution in [2.24, 2.45) is 23.7 Å². The highest BCUT2D eigenvalue weighted by Crippen LogP contribution is 2.38. The molecule has 0 aromatic carbocycles. The Morgan fingerprint density at radius 1 is 1.00 bits per heavy atom. The Hall–Kier alpha value is -0.510. The molecule has 0 saturated heterocycles. The number of hydrogen-bond donors (Lipinski definition) is 0. The van der Waals surface area contributed by atoms with E-state index in [1.54, 1.807) is 0 Å². The highest BCUT2D eigenvalue weighted by molar-refractivity contribution is 4.91. The molecule has 0 aromatic heterocycles. The zero-order valence-corrected chi connectivity index (χ0v) is 13.3. The summed E-state index contributed by atoms with van der Waals surface area (Å²) < 4.78 is 0. The second kappa shape index (κ2) is 8.71. The minimum absolute atomic E-state index is 0.350. The van der Waals surface area contributed by atoms with Gasteiger partial charge in [0, 0.05) is 5.92 Å². The van der Waals surface area contributed by atoms with Crippen molar-refractivity contribution in [1.29, 1.82) is 5.26 Å². The average molecular weight is 274 g/mol. The summed E-state index contributed by atoms with van der Waals surface area (Å²) in [5, 5.41) is 9.52. The molecule has 0 aliphatic heterocycles. The molecule has 1 heteroatoms. The van der Waals surface area contributed by atoms with Gasteiger partial charge in [0.2, 0.25) is 0 Å². The van der Waals surface area contributed by atoms with Gasteiger partial charge in [-0.3, -0.25) is 0 Å². The largest absolute Gasteiger partial charge is 0.198 e. The molecule has 2 saturated carbocycles. The first kappa shape index (κ1) is 15.9. The van der Waals surface area contributed by atoms with Crippen molar-refractivity contribution in [2.75, 3.05) is 0 Å². The van der Waals surface area contributed by atoms with E-state index in [2.05, 4.69) is 19.4 Å². The van der Waals surface area contributed by atoms with Crippen LogP contribution in [-0.4, -0.2) is 0 Å². The maximum absolute atomic E-state index is 9.52. The van der Waals surface area contributed by atoms with Crippen molar-refractivity contribution < 1.29 is 0 Å². The van der Waals surface area contributed by atoms with Gasteiger partial charge in [0.15, 0.2) is 0 Å². The van der Waals surface area contributed by atoms with Crippen LogP contribution in [0.3, 0.4) is 0 Å². The zero-order valence-electron chi connectivity index (χ0n) is 13.3. The Labute approximate surface area is 126 Å². The van der Waals surface area contributed by atoms with Crippen LogP contribution < -0.4 is 0 Å². The topological polar surface area (TPSA) is 23.8 Å². The fourth-order valence-electron chi connectivity index (χ4n) is 4.39. The fourth-order valence-corrected chi connectivity index (χ4v) is 4.39. The summed E-state index contributed by atoms with van der Waals surface area (Å²) >= 11 is 0. The molecule has 1 radical (unpaired) electrons. The van der Waals surface area contributed by atoms with E-state index in [4.69, 9.17) is 0 Å². The third-order valence-electron chi connectivity index (χ3n) is 5.77. The van der Waals surface area contributed by atoms with E-state index in [0.29, 0.717) is 11.8 Å². The summed E-state index contributed by atoms with van der Waals surface area (Å²) in [7, 11) is 0. The summed E-state index contributed by atoms with van der Waals surface area (Å²) in [6, 6.07) is 2.65. The molecule has 2 aliphatic carbocycles. The summed E-state index contributed by atoms with van der Waals surface area (Å²) in [5.41, 5.74) is 0. The standard InChI is InChI=1S/C19H32N/c1-2-6-16-9-12-18(13-10-16)19(15-20)14-11-17-7-4-3-5-8-17/h3,16-19H,2,4-14H2,1H3. The lowest BCUT2D eigenvalue weighted by molar-refractivity contribution is 0.208. The first-order valence-corrected chi connectivity index (χ1v) is 9.04. The third-order valence-corrected chi connectivity index (χ3v) is 5.77. The molecule has 113 valence electrons. The van der Waals surface area contributed by atoms with Gasteiger partial charge in [0.1, 0.15) is 0 Å². The lowest BCUT2D eigenvalue weighted by Crippen LogP contribution is -2.22. The molecule has 2 fully saturated rings. The number of hydrogen-bond acceptors (Lipinski definition) is 1. The molecule has 20 heavy (non-hydrogen) atoms. The average Bonchev–Trinajstić information content (AvgIpc) is 2.51. The van der Waals surface area contributed by atoms with Gasteiger partial charge >= 0.3 is 0 Å². The molecule has 0 amide bonds. The molecule has 0 N–H and O–H groups in total. The van der Waals surface area contributed by atoms with E-state index in [9.17, 15) is 5.26 Å². The van der Waals surface area contributed by atoms with E-state index < -0.39 is 0 Å². The first-order chi connectivity index (χ1) is 9.83. The van der Waals surface area contributed by atoms with Gasteiger partial charge in [-0.2, -0.15) is 5.26 Å². The van der Waals surface area contributed by atoms with E-state index in [1.165, 1.54) is 77.0 Å². The lowest BCUT2D eigenvalue weighted by Gasteiger charge is -2.32. The van der Waals surface area contributed by atoms with Gasteiger partial charge in [0.05, 0.1) is 6.07 Å². The summed E-state index contributed by atoms with van der Waals surface area (Å²) in [6.07, 6.45) is 18.4. The van der Waals surface area contributed by atoms with Crippen LogP contribution in [0, 0.1) is 41.4 Å². The van der Waals surface area contributed by atoms with Crippen LogP contribution in [0.5, 0.6) is 0 Å². The maximum atomic E-state index is 9.52. The molecule has 1 nitrogen and oxygen atoms in total. The molecule has 0 bridgehead atoms. The summed E-state index contributed by atoms with van der Waals surface area (Å²) in [5.74, 6) is 2.93. The van der Waals surface area contributed by atoms with Crippen LogP contribution in [0.4, 0.5) is 0 Å². The Kier molecular flexibility index (Phi) is 6.91. The second-order valence-corrected chi connectivity index (χ2v) is 7.19. The van der Waals surface area contributed by atoms with Crippen molar-refractivity contribution in [3.05, 3.63) is 6.42 Å². The number of nitriles is 1. The van der Waals surface area contributed by atoms with Crippen LogP contribution in [0.1, 0.15) is 84.0 Å². The van der Waals surface area contributed by atoms with Gasteiger partial charge in [-0.25, -0.2) is 0 Å². The third kappa shape index (κ3) is 4.80. The molecule has 1 atom stereocenters. The Bertz CT molecular complexity index is 289. The zero-order chi connectivity index (χ0) is 14.2. The van der Waals surface area contributed by atoms with Gasteiger partial charge in [0.25, 0.3) is 0 Å². The minimum atomic E-state index is 0.350. The molecule has 2 aliphatic rings. The SMILES string of the molecule is CCCC1CCC(C(C#N)CCC2CC[CH]CC2)CC1. The fraction of sp³-hybridized carbons (Fsp3) is 0.895. The van der Waals surface area contributed by atoms with Crippen LogP contribution in [0.25, 0.3) is 0 Å². The predicted molar refractivity (Wildman–Crippen MR) is 85.0 cm³/mol. The minimum Gasteiger partial charge on any atom is -0.198 e. The Morgan fingerprint density at radius 2 is 1.65 bits per heavy atom.